The number of aliphatic carboxylic acids is 1. The second-order valence-electron chi connectivity index (χ2n) is 8.82. The fourth-order valence-corrected chi connectivity index (χ4v) is 4.66. The number of carbonyl (C=O) groups excluding carboxylic acids is 2. The van der Waals surface area contributed by atoms with Crippen molar-refractivity contribution in [1.82, 2.24) is 25.0 Å². The van der Waals surface area contributed by atoms with Gasteiger partial charge in [-0.05, 0) is 60.9 Å². The number of allylic oxidation sites excluding steroid dienone is 2. The van der Waals surface area contributed by atoms with E-state index in [2.05, 4.69) is 25.0 Å². The zero-order chi connectivity index (χ0) is 27.1. The molecule has 0 saturated carbocycles. The summed E-state index contributed by atoms with van der Waals surface area (Å²) in [6.45, 7) is 0.356. The highest BCUT2D eigenvalue weighted by Gasteiger charge is 2.16. The molecule has 0 spiro atoms. The molecule has 38 heavy (non-hydrogen) atoms. The number of fused-ring (bicyclic) bond motifs is 1. The summed E-state index contributed by atoms with van der Waals surface area (Å²) in [5.41, 5.74) is 8.15. The molecule has 1 aliphatic rings. The zero-order valence-electron chi connectivity index (χ0n) is 20.5. The number of amides is 2. The smallest absolute Gasteiger partial charge is 0.310 e. The molecule has 11 nitrogen and oxygen atoms in total. The van der Waals surface area contributed by atoms with E-state index in [-0.39, 0.29) is 29.7 Å². The van der Waals surface area contributed by atoms with Gasteiger partial charge >= 0.3 is 5.97 Å². The fourth-order valence-electron chi connectivity index (χ4n) is 4.00. The quantitative estimate of drug-likeness (QED) is 0.159. The Labute approximate surface area is 222 Å². The molecule has 2 amide bonds. The second-order valence-corrected chi connectivity index (χ2v) is 9.70. The predicted octanol–water partition coefficient (Wildman–Crippen LogP) is 2.44. The van der Waals surface area contributed by atoms with Crippen LogP contribution in [0.15, 0.2) is 58.4 Å². The Morgan fingerprint density at radius 2 is 1.97 bits per heavy atom. The number of carboxylic acid groups (broad SMARTS) is 1. The van der Waals surface area contributed by atoms with Gasteiger partial charge in [0.1, 0.15) is 5.65 Å². The van der Waals surface area contributed by atoms with Crippen LogP contribution >= 0.6 is 11.9 Å². The van der Waals surface area contributed by atoms with Crippen molar-refractivity contribution < 1.29 is 19.5 Å². The summed E-state index contributed by atoms with van der Waals surface area (Å²) in [5, 5.41) is 12.3. The summed E-state index contributed by atoms with van der Waals surface area (Å²) in [6.07, 6.45) is 9.28. The number of carboxylic acids is 1. The number of nitrogens with two attached hydrogens (primary N) is 1. The van der Waals surface area contributed by atoms with Crippen molar-refractivity contribution in [3.8, 4) is 0 Å². The van der Waals surface area contributed by atoms with Crippen LogP contribution in [-0.2, 0) is 22.4 Å². The maximum absolute atomic E-state index is 12.4. The summed E-state index contributed by atoms with van der Waals surface area (Å²) in [7, 11) is 0. The molecule has 12 heteroatoms. The number of nitrogens with zero attached hydrogens (tertiary/aromatic N) is 1. The lowest BCUT2D eigenvalue weighted by molar-refractivity contribution is -0.140. The van der Waals surface area contributed by atoms with Crippen molar-refractivity contribution in [2.45, 2.75) is 32.1 Å². The second kappa shape index (κ2) is 12.3. The van der Waals surface area contributed by atoms with Crippen LogP contribution in [0, 0.1) is 5.92 Å². The Morgan fingerprint density at radius 1 is 1.18 bits per heavy atom. The normalized spacial score (nSPS) is 14.7. The largest absolute Gasteiger partial charge is 0.481 e. The third-order valence-corrected chi connectivity index (χ3v) is 6.94. The molecule has 2 heterocycles. The maximum Gasteiger partial charge on any atom is 0.310 e. The van der Waals surface area contributed by atoms with Gasteiger partial charge in [-0.2, -0.15) is 4.98 Å². The molecular weight excluding hydrogens is 508 g/mol. The number of benzene rings is 1. The third-order valence-electron chi connectivity index (χ3n) is 6.07. The molecule has 1 aliphatic carbocycles. The van der Waals surface area contributed by atoms with Gasteiger partial charge in [-0.3, -0.25) is 28.9 Å². The lowest BCUT2D eigenvalue weighted by Gasteiger charge is -2.12. The number of rotatable bonds is 11. The predicted molar refractivity (Wildman–Crippen MR) is 145 cm³/mol. The Balaban J connectivity index is 1.16. The molecule has 0 bridgehead atoms. The molecule has 0 radical (unpaired) electrons. The SMILES string of the molecule is Nc1nc2[nH]cc(CCc3ccc(C(=O)NCCCC(=O)NSC4=CCC(C(=O)O)C=C4)cc3)c2c(=O)[nH]1. The molecule has 0 aliphatic heterocycles. The minimum atomic E-state index is -0.867. The van der Waals surface area contributed by atoms with Crippen LogP contribution in [-0.4, -0.2) is 44.4 Å². The van der Waals surface area contributed by atoms with Crippen molar-refractivity contribution in [1.29, 1.82) is 0 Å². The summed E-state index contributed by atoms with van der Waals surface area (Å²) in [5.74, 6) is -1.71. The minimum absolute atomic E-state index is 0.0656. The number of nitrogen functional groups attached to an aromatic ring is 1. The maximum atomic E-state index is 12.4. The Hall–Kier alpha value is -4.32. The van der Waals surface area contributed by atoms with Crippen molar-refractivity contribution >= 4 is 46.7 Å². The standard InChI is InChI=1S/C26H28N6O5S/c27-26-30-22-21(24(35)31-26)18(14-29-22)8-5-15-3-6-16(7-4-15)23(34)28-13-1-2-20(33)32-38-19-11-9-17(10-12-19)25(36)37/h3-4,6-7,9,11-12,14,17H,1-2,5,8,10,13H2,(H,28,34)(H,32,33)(H,36,37)(H4,27,29,30,31,35). The number of hydrogen-bond donors (Lipinski definition) is 6. The van der Waals surface area contributed by atoms with Crippen molar-refractivity contribution in [2.24, 2.45) is 5.92 Å². The number of aromatic nitrogens is 3. The molecule has 1 aromatic carbocycles. The van der Waals surface area contributed by atoms with Gasteiger partial charge in [0.2, 0.25) is 11.9 Å². The third kappa shape index (κ3) is 6.91. The number of anilines is 1. The zero-order valence-corrected chi connectivity index (χ0v) is 21.3. The average Bonchev–Trinajstić information content (AvgIpc) is 3.32. The van der Waals surface area contributed by atoms with Crippen LogP contribution in [0.25, 0.3) is 11.0 Å². The van der Waals surface area contributed by atoms with Gasteiger partial charge in [0.25, 0.3) is 11.5 Å². The van der Waals surface area contributed by atoms with E-state index in [9.17, 15) is 19.2 Å². The molecule has 0 saturated heterocycles. The molecular formula is C26H28N6O5S. The van der Waals surface area contributed by atoms with E-state index in [1.807, 2.05) is 12.1 Å². The van der Waals surface area contributed by atoms with Gasteiger partial charge in [-0.25, -0.2) is 0 Å². The molecule has 7 N–H and O–H groups in total. The van der Waals surface area contributed by atoms with Gasteiger partial charge < -0.3 is 21.1 Å². The Bertz CT molecular complexity index is 1460. The van der Waals surface area contributed by atoms with Gasteiger partial charge in [0, 0.05) is 29.6 Å². The van der Waals surface area contributed by atoms with Crippen LogP contribution in [0.3, 0.4) is 0 Å². The summed E-state index contributed by atoms with van der Waals surface area (Å²) >= 11 is 1.15. The van der Waals surface area contributed by atoms with Gasteiger partial charge in [0.15, 0.2) is 0 Å². The van der Waals surface area contributed by atoms with E-state index in [1.165, 1.54) is 0 Å². The highest BCUT2D eigenvalue weighted by molar-refractivity contribution is 8.01. The highest BCUT2D eigenvalue weighted by atomic mass is 32.2. The van der Waals surface area contributed by atoms with E-state index in [0.717, 1.165) is 28.0 Å². The van der Waals surface area contributed by atoms with E-state index in [4.69, 9.17) is 10.8 Å². The number of H-pyrrole nitrogens is 2. The molecule has 2 aromatic heterocycles. The monoisotopic (exact) mass is 536 g/mol. The van der Waals surface area contributed by atoms with Gasteiger partial charge in [-0.1, -0.05) is 30.4 Å². The lowest BCUT2D eigenvalue weighted by Crippen LogP contribution is -2.26. The first-order valence-electron chi connectivity index (χ1n) is 12.1. The summed E-state index contributed by atoms with van der Waals surface area (Å²) in [4.78, 5) is 58.0. The van der Waals surface area contributed by atoms with Crippen LogP contribution in [0.1, 0.15) is 40.7 Å². The van der Waals surface area contributed by atoms with Crippen LogP contribution in [0.2, 0.25) is 0 Å². The molecule has 4 rings (SSSR count). The first-order chi connectivity index (χ1) is 18.3. The first-order valence-corrected chi connectivity index (χ1v) is 12.9. The van der Waals surface area contributed by atoms with E-state index in [0.29, 0.717) is 48.8 Å². The minimum Gasteiger partial charge on any atom is -0.481 e. The Morgan fingerprint density at radius 3 is 2.68 bits per heavy atom. The van der Waals surface area contributed by atoms with Crippen LogP contribution in [0.5, 0.6) is 0 Å². The van der Waals surface area contributed by atoms with Crippen molar-refractivity contribution in [2.75, 3.05) is 12.3 Å². The average molecular weight is 537 g/mol. The topological polar surface area (TPSA) is 183 Å². The molecule has 1 unspecified atom stereocenters. The van der Waals surface area contributed by atoms with E-state index < -0.39 is 11.9 Å². The first kappa shape index (κ1) is 26.7. The van der Waals surface area contributed by atoms with Crippen LogP contribution < -0.4 is 21.3 Å². The molecule has 1 atom stereocenters. The highest BCUT2D eigenvalue weighted by Crippen LogP contribution is 2.23. The fraction of sp³-hybridized carbons (Fsp3) is 0.269. The van der Waals surface area contributed by atoms with E-state index in [1.54, 1.807) is 36.6 Å². The molecule has 198 valence electrons. The van der Waals surface area contributed by atoms with Crippen LogP contribution in [0.4, 0.5) is 5.95 Å². The number of carbonyl (C=O) groups is 3. The lowest BCUT2D eigenvalue weighted by atomic mass is 10.0. The number of hydrogen-bond acceptors (Lipinski definition) is 7. The number of aryl methyl sites for hydroxylation is 2. The number of nitrogens with one attached hydrogen (secondary N) is 4. The molecule has 0 fully saturated rings. The Kier molecular flexibility index (Phi) is 8.64. The van der Waals surface area contributed by atoms with Crippen molar-refractivity contribution in [3.63, 3.8) is 0 Å². The summed E-state index contributed by atoms with van der Waals surface area (Å²) < 4.78 is 2.73. The van der Waals surface area contributed by atoms with E-state index >= 15 is 0 Å². The molecule has 3 aromatic rings. The van der Waals surface area contributed by atoms with Gasteiger partial charge in [0.05, 0.1) is 11.3 Å². The number of aromatic amines is 2. The summed E-state index contributed by atoms with van der Waals surface area (Å²) in [6, 6.07) is 7.25. The van der Waals surface area contributed by atoms with Crippen molar-refractivity contribution in [3.05, 3.63) is 80.6 Å². The van der Waals surface area contributed by atoms with Gasteiger partial charge in [-0.15, -0.1) is 0 Å².